The zero-order valence-corrected chi connectivity index (χ0v) is 39.4. The van der Waals surface area contributed by atoms with Gasteiger partial charge < -0.3 is 0 Å². The fourth-order valence-corrected chi connectivity index (χ4v) is 10.8. The lowest BCUT2D eigenvalue weighted by molar-refractivity contribution is 1.10. The van der Waals surface area contributed by atoms with E-state index in [2.05, 4.69) is 211 Å². The summed E-state index contributed by atoms with van der Waals surface area (Å²) in [4.78, 5) is 24.6. The standard InChI is InChI=1S/C67H42N6/c1-2-18-54(19-3-1)73-66-25-13-12-24-65(66)72-67(73)60-34-43(48-28-50(61-39-68-35-44-14-4-8-20-55(44)61)32-51(29-48)62-40-69-36-45-15-5-9-21-56(45)62)26-27-59(60)49-30-52(63-41-70-37-46-16-6-10-22-57(46)63)33-53(31-49)64-42-71-38-47-17-7-11-23-58(47)64/h1-42H. The number of nitrogens with zero attached hydrogens (tertiary/aromatic N) is 6. The highest BCUT2D eigenvalue weighted by Gasteiger charge is 2.22. The third-order valence-electron chi connectivity index (χ3n) is 14.3. The van der Waals surface area contributed by atoms with Gasteiger partial charge in [0.05, 0.1) is 11.0 Å². The van der Waals surface area contributed by atoms with Crippen LogP contribution in [0.5, 0.6) is 0 Å². The first-order chi connectivity index (χ1) is 36.2. The maximum absolute atomic E-state index is 5.55. The first kappa shape index (κ1) is 42.0. The molecule has 0 saturated carbocycles. The molecule has 0 aliphatic rings. The van der Waals surface area contributed by atoms with Crippen LogP contribution in [0.4, 0.5) is 0 Å². The number of pyridine rings is 4. The minimum atomic E-state index is 0.836. The van der Waals surface area contributed by atoms with E-state index in [4.69, 9.17) is 24.9 Å². The van der Waals surface area contributed by atoms with Gasteiger partial charge in [-0.05, 0) is 133 Å². The molecule has 0 bridgehead atoms. The molecule has 340 valence electrons. The molecule has 0 atom stereocenters. The lowest BCUT2D eigenvalue weighted by Crippen LogP contribution is -1.99. The van der Waals surface area contributed by atoms with Crippen molar-refractivity contribution in [1.82, 2.24) is 29.5 Å². The Morgan fingerprint density at radius 2 is 0.644 bits per heavy atom. The third kappa shape index (κ3) is 7.40. The number of hydrogen-bond donors (Lipinski definition) is 0. The van der Waals surface area contributed by atoms with Crippen LogP contribution in [0.25, 0.3) is 138 Å². The number of rotatable bonds is 8. The van der Waals surface area contributed by atoms with Gasteiger partial charge in [0.25, 0.3) is 0 Å². The predicted molar refractivity (Wildman–Crippen MR) is 300 cm³/mol. The summed E-state index contributed by atoms with van der Waals surface area (Å²) >= 11 is 0. The minimum Gasteiger partial charge on any atom is -0.292 e. The Labute approximate surface area is 421 Å². The summed E-state index contributed by atoms with van der Waals surface area (Å²) in [5.74, 6) is 0.836. The number of imidazole rings is 1. The smallest absolute Gasteiger partial charge is 0.146 e. The van der Waals surface area contributed by atoms with E-state index in [1.165, 1.54) is 0 Å². The molecule has 0 aliphatic heterocycles. The molecule has 6 heteroatoms. The lowest BCUT2D eigenvalue weighted by atomic mass is 9.87. The quantitative estimate of drug-likeness (QED) is 0.152. The molecule has 0 saturated heterocycles. The predicted octanol–water partition coefficient (Wildman–Crippen LogP) is 16.9. The van der Waals surface area contributed by atoms with Crippen molar-refractivity contribution < 1.29 is 0 Å². The molecule has 0 amide bonds. The molecule has 73 heavy (non-hydrogen) atoms. The minimum absolute atomic E-state index is 0.836. The number of hydrogen-bond acceptors (Lipinski definition) is 5. The maximum Gasteiger partial charge on any atom is 0.146 e. The van der Waals surface area contributed by atoms with Crippen molar-refractivity contribution in [2.75, 3.05) is 0 Å². The van der Waals surface area contributed by atoms with E-state index in [0.717, 1.165) is 138 Å². The molecular weight excluding hydrogens is 889 g/mol. The molecule has 14 aromatic rings. The van der Waals surface area contributed by atoms with Gasteiger partial charge in [-0.2, -0.15) is 0 Å². The molecule has 5 aromatic heterocycles. The Bertz CT molecular complexity index is 4250. The molecule has 0 N–H and O–H groups in total. The molecule has 14 rings (SSSR count). The van der Waals surface area contributed by atoms with Crippen molar-refractivity contribution in [2.24, 2.45) is 0 Å². The third-order valence-corrected chi connectivity index (χ3v) is 14.3. The summed E-state index contributed by atoms with van der Waals surface area (Å²) in [5.41, 5.74) is 16.6. The molecule has 0 aliphatic carbocycles. The van der Waals surface area contributed by atoms with E-state index in [1.807, 2.05) is 49.6 Å². The van der Waals surface area contributed by atoms with Crippen LogP contribution in [0, 0.1) is 0 Å². The molecule has 6 nitrogen and oxygen atoms in total. The van der Waals surface area contributed by atoms with Crippen LogP contribution < -0.4 is 0 Å². The van der Waals surface area contributed by atoms with Crippen molar-refractivity contribution in [1.29, 1.82) is 0 Å². The second-order valence-electron chi connectivity index (χ2n) is 18.6. The van der Waals surface area contributed by atoms with Gasteiger partial charge in [-0.3, -0.25) is 24.5 Å². The van der Waals surface area contributed by atoms with E-state index in [-0.39, 0.29) is 0 Å². The highest BCUT2D eigenvalue weighted by Crippen LogP contribution is 2.44. The Hall–Kier alpha value is -9.91. The number of para-hydroxylation sites is 3. The Morgan fingerprint density at radius 1 is 0.260 bits per heavy atom. The van der Waals surface area contributed by atoms with Gasteiger partial charge in [0.2, 0.25) is 0 Å². The number of fused-ring (bicyclic) bond motifs is 5. The van der Waals surface area contributed by atoms with Gasteiger partial charge in [-0.15, -0.1) is 0 Å². The van der Waals surface area contributed by atoms with Crippen LogP contribution >= 0.6 is 0 Å². The first-order valence-electron chi connectivity index (χ1n) is 24.5. The fourth-order valence-electron chi connectivity index (χ4n) is 10.8. The van der Waals surface area contributed by atoms with Gasteiger partial charge in [0, 0.05) is 105 Å². The molecule has 0 fully saturated rings. The van der Waals surface area contributed by atoms with Crippen molar-refractivity contribution in [3.05, 3.63) is 256 Å². The molecule has 5 heterocycles. The lowest BCUT2D eigenvalue weighted by Gasteiger charge is -2.18. The molecule has 0 spiro atoms. The number of aromatic nitrogens is 6. The summed E-state index contributed by atoms with van der Waals surface area (Å²) in [7, 11) is 0. The van der Waals surface area contributed by atoms with Gasteiger partial charge in [0.15, 0.2) is 0 Å². The van der Waals surface area contributed by atoms with Crippen molar-refractivity contribution in [2.45, 2.75) is 0 Å². The van der Waals surface area contributed by atoms with Gasteiger partial charge in [0.1, 0.15) is 5.82 Å². The summed E-state index contributed by atoms with van der Waals surface area (Å²) in [6.45, 7) is 0. The van der Waals surface area contributed by atoms with Crippen LogP contribution in [0.1, 0.15) is 0 Å². The molecule has 0 unspecified atom stereocenters. The Morgan fingerprint density at radius 3 is 1.11 bits per heavy atom. The maximum atomic E-state index is 5.55. The van der Waals surface area contributed by atoms with E-state index < -0.39 is 0 Å². The highest BCUT2D eigenvalue weighted by atomic mass is 15.1. The van der Waals surface area contributed by atoms with Crippen LogP contribution in [0.3, 0.4) is 0 Å². The van der Waals surface area contributed by atoms with Crippen LogP contribution in [0.2, 0.25) is 0 Å². The fraction of sp³-hybridized carbons (Fsp3) is 0. The summed E-state index contributed by atoms with van der Waals surface area (Å²) in [6.07, 6.45) is 15.7. The van der Waals surface area contributed by atoms with E-state index in [0.29, 0.717) is 0 Å². The SMILES string of the molecule is c1ccc(-n2c(-c3cc(-c4cc(-c5cncc6ccccc56)cc(-c5cncc6ccccc56)c4)ccc3-c3cc(-c4cncc5ccccc45)cc(-c4cncc5ccccc45)c3)nc3ccccc32)cc1. The van der Waals surface area contributed by atoms with E-state index in [9.17, 15) is 0 Å². The van der Waals surface area contributed by atoms with E-state index >= 15 is 0 Å². The van der Waals surface area contributed by atoms with Crippen LogP contribution in [-0.4, -0.2) is 29.5 Å². The summed E-state index contributed by atoms with van der Waals surface area (Å²) in [6, 6.07) is 73.7. The van der Waals surface area contributed by atoms with Crippen molar-refractivity contribution in [3.63, 3.8) is 0 Å². The van der Waals surface area contributed by atoms with Gasteiger partial charge >= 0.3 is 0 Å². The van der Waals surface area contributed by atoms with Gasteiger partial charge in [-0.25, -0.2) is 4.98 Å². The van der Waals surface area contributed by atoms with Crippen LogP contribution in [0.15, 0.2) is 256 Å². The normalized spacial score (nSPS) is 11.6. The number of benzene rings is 9. The van der Waals surface area contributed by atoms with Crippen LogP contribution in [-0.2, 0) is 0 Å². The zero-order valence-electron chi connectivity index (χ0n) is 39.4. The molecule has 0 radical (unpaired) electrons. The van der Waals surface area contributed by atoms with E-state index in [1.54, 1.807) is 0 Å². The summed E-state index contributed by atoms with van der Waals surface area (Å²) in [5, 5.41) is 8.90. The summed E-state index contributed by atoms with van der Waals surface area (Å²) < 4.78 is 2.30. The van der Waals surface area contributed by atoms with Gasteiger partial charge in [-0.1, -0.05) is 140 Å². The molecular formula is C67H42N6. The average molecular weight is 931 g/mol. The Kier molecular flexibility index (Phi) is 10.1. The molecule has 9 aromatic carbocycles. The second-order valence-corrected chi connectivity index (χ2v) is 18.6. The highest BCUT2D eigenvalue weighted by molar-refractivity contribution is 6.04. The Balaban J connectivity index is 1.07. The first-order valence-corrected chi connectivity index (χ1v) is 24.5. The topological polar surface area (TPSA) is 69.4 Å². The average Bonchev–Trinajstić information content (AvgIpc) is 3.86. The van der Waals surface area contributed by atoms with Crippen molar-refractivity contribution in [3.8, 4) is 83.8 Å². The van der Waals surface area contributed by atoms with Crippen molar-refractivity contribution >= 4 is 54.1 Å². The largest absolute Gasteiger partial charge is 0.292 e. The second kappa shape index (κ2) is 17.5. The zero-order chi connectivity index (χ0) is 48.2. The monoisotopic (exact) mass is 930 g/mol.